The molecule has 5 N–H and O–H groups in total. The molecule has 1 heterocycles. The van der Waals surface area contributed by atoms with E-state index in [2.05, 4.69) is 10.2 Å². The van der Waals surface area contributed by atoms with Crippen molar-refractivity contribution < 1.29 is 8.42 Å². The standard InChI is InChI=1S/C12H20N4O2S/c13-12-10(4-3-5-11(12)19(14,17)18)15-6-9-16-7-1-2-8-16/h3-5,15H,1-2,6-9,13H2,(H2,14,17,18). The SMILES string of the molecule is Nc1c(NCCN2CCCC2)cccc1S(N)(=O)=O. The zero-order chi connectivity index (χ0) is 13.9. The third-order valence-electron chi connectivity index (χ3n) is 3.31. The van der Waals surface area contributed by atoms with E-state index in [1.54, 1.807) is 12.1 Å². The molecular formula is C12H20N4O2S. The molecule has 0 saturated carbocycles. The van der Waals surface area contributed by atoms with Gasteiger partial charge in [0.15, 0.2) is 0 Å². The molecule has 6 nitrogen and oxygen atoms in total. The van der Waals surface area contributed by atoms with Crippen LogP contribution in [-0.2, 0) is 10.0 Å². The number of nitrogens with two attached hydrogens (primary N) is 2. The van der Waals surface area contributed by atoms with Crippen molar-refractivity contribution in [2.75, 3.05) is 37.2 Å². The van der Waals surface area contributed by atoms with Crippen LogP contribution in [0.15, 0.2) is 23.1 Å². The Kier molecular flexibility index (Phi) is 4.28. The summed E-state index contributed by atoms with van der Waals surface area (Å²) in [6.45, 7) is 3.93. The molecule has 2 rings (SSSR count). The Morgan fingerprint density at radius 2 is 1.95 bits per heavy atom. The molecule has 0 bridgehead atoms. The van der Waals surface area contributed by atoms with Crippen LogP contribution in [0.1, 0.15) is 12.8 Å². The highest BCUT2D eigenvalue weighted by atomic mass is 32.2. The fraction of sp³-hybridized carbons (Fsp3) is 0.500. The maximum absolute atomic E-state index is 11.4. The van der Waals surface area contributed by atoms with Crippen LogP contribution < -0.4 is 16.2 Å². The van der Waals surface area contributed by atoms with Gasteiger partial charge >= 0.3 is 0 Å². The molecule has 0 amide bonds. The number of para-hydroxylation sites is 1. The molecule has 19 heavy (non-hydrogen) atoms. The molecular weight excluding hydrogens is 264 g/mol. The van der Waals surface area contributed by atoms with Gasteiger partial charge in [-0.15, -0.1) is 0 Å². The summed E-state index contributed by atoms with van der Waals surface area (Å²) in [5.74, 6) is 0. The lowest BCUT2D eigenvalue weighted by Crippen LogP contribution is -2.26. The minimum atomic E-state index is -3.77. The third-order valence-corrected chi connectivity index (χ3v) is 4.28. The molecule has 7 heteroatoms. The van der Waals surface area contributed by atoms with Crippen LogP contribution >= 0.6 is 0 Å². The first-order chi connectivity index (χ1) is 8.98. The largest absolute Gasteiger partial charge is 0.396 e. The van der Waals surface area contributed by atoms with Crippen molar-refractivity contribution in [3.05, 3.63) is 18.2 Å². The molecule has 0 unspecified atom stereocenters. The van der Waals surface area contributed by atoms with Gasteiger partial charge in [0.1, 0.15) is 4.90 Å². The van der Waals surface area contributed by atoms with Crippen LogP contribution in [0.4, 0.5) is 11.4 Å². The molecule has 106 valence electrons. The Morgan fingerprint density at radius 3 is 2.58 bits per heavy atom. The number of primary sulfonamides is 1. The Hall–Kier alpha value is -1.31. The summed E-state index contributed by atoms with van der Waals surface area (Å²) in [4.78, 5) is 2.34. The zero-order valence-corrected chi connectivity index (χ0v) is 11.6. The second kappa shape index (κ2) is 5.77. The zero-order valence-electron chi connectivity index (χ0n) is 10.8. The van der Waals surface area contributed by atoms with Gasteiger partial charge in [-0.2, -0.15) is 0 Å². The number of nitrogens with zero attached hydrogens (tertiary/aromatic N) is 1. The molecule has 0 atom stereocenters. The highest BCUT2D eigenvalue weighted by molar-refractivity contribution is 7.89. The smallest absolute Gasteiger partial charge is 0.240 e. The topological polar surface area (TPSA) is 101 Å². The van der Waals surface area contributed by atoms with Crippen LogP contribution in [0.5, 0.6) is 0 Å². The Morgan fingerprint density at radius 1 is 1.26 bits per heavy atom. The van der Waals surface area contributed by atoms with Crippen molar-refractivity contribution >= 4 is 21.4 Å². The fourth-order valence-electron chi connectivity index (χ4n) is 2.30. The number of anilines is 2. The summed E-state index contributed by atoms with van der Waals surface area (Å²) < 4.78 is 22.7. The predicted molar refractivity (Wildman–Crippen MR) is 76.4 cm³/mol. The summed E-state index contributed by atoms with van der Waals surface area (Å²) >= 11 is 0. The van der Waals surface area contributed by atoms with Crippen molar-refractivity contribution in [2.24, 2.45) is 5.14 Å². The molecule has 1 aliphatic rings. The van der Waals surface area contributed by atoms with E-state index in [0.717, 1.165) is 26.2 Å². The van der Waals surface area contributed by atoms with E-state index in [9.17, 15) is 8.42 Å². The Labute approximate surface area is 113 Å². The van der Waals surface area contributed by atoms with Gasteiger partial charge in [0.25, 0.3) is 0 Å². The summed E-state index contributed by atoms with van der Waals surface area (Å²) in [6.07, 6.45) is 2.51. The minimum Gasteiger partial charge on any atom is -0.396 e. The normalized spacial score (nSPS) is 16.7. The van der Waals surface area contributed by atoms with Gasteiger partial charge in [0.2, 0.25) is 10.0 Å². The average Bonchev–Trinajstić information content (AvgIpc) is 2.83. The highest BCUT2D eigenvalue weighted by Crippen LogP contribution is 2.25. The number of hydrogen-bond donors (Lipinski definition) is 3. The second-order valence-corrected chi connectivity index (χ2v) is 6.27. The van der Waals surface area contributed by atoms with Crippen LogP contribution in [0.2, 0.25) is 0 Å². The maximum Gasteiger partial charge on any atom is 0.240 e. The first-order valence-corrected chi connectivity index (χ1v) is 7.90. The van der Waals surface area contributed by atoms with Gasteiger partial charge in [0.05, 0.1) is 11.4 Å². The third kappa shape index (κ3) is 3.59. The second-order valence-electron chi connectivity index (χ2n) is 4.74. The fourth-order valence-corrected chi connectivity index (χ4v) is 2.99. The summed E-state index contributed by atoms with van der Waals surface area (Å²) in [7, 11) is -3.77. The van der Waals surface area contributed by atoms with Gasteiger partial charge < -0.3 is 16.0 Å². The van der Waals surface area contributed by atoms with Crippen LogP contribution in [0, 0.1) is 0 Å². The van der Waals surface area contributed by atoms with E-state index in [1.807, 2.05) is 0 Å². The van der Waals surface area contributed by atoms with Gasteiger partial charge in [-0.3, -0.25) is 0 Å². The monoisotopic (exact) mass is 284 g/mol. The average molecular weight is 284 g/mol. The minimum absolute atomic E-state index is 0.0290. The van der Waals surface area contributed by atoms with Crippen molar-refractivity contribution in [1.29, 1.82) is 0 Å². The Bertz CT molecular complexity index is 539. The van der Waals surface area contributed by atoms with Gasteiger partial charge in [-0.05, 0) is 38.1 Å². The number of hydrogen-bond acceptors (Lipinski definition) is 5. The molecule has 1 saturated heterocycles. The quantitative estimate of drug-likeness (QED) is 0.680. The molecule has 1 aromatic carbocycles. The number of rotatable bonds is 5. The van der Waals surface area contributed by atoms with Gasteiger partial charge in [-0.1, -0.05) is 6.07 Å². The van der Waals surface area contributed by atoms with E-state index in [-0.39, 0.29) is 10.6 Å². The lowest BCUT2D eigenvalue weighted by Gasteiger charge is -2.16. The number of likely N-dealkylation sites (tertiary alicyclic amines) is 1. The van der Waals surface area contributed by atoms with Crippen molar-refractivity contribution in [1.82, 2.24) is 4.90 Å². The van der Waals surface area contributed by atoms with E-state index in [4.69, 9.17) is 10.9 Å². The lowest BCUT2D eigenvalue weighted by molar-refractivity contribution is 0.353. The van der Waals surface area contributed by atoms with E-state index in [1.165, 1.54) is 18.9 Å². The molecule has 1 aliphatic heterocycles. The van der Waals surface area contributed by atoms with Crippen molar-refractivity contribution in [3.8, 4) is 0 Å². The molecule has 0 spiro atoms. The van der Waals surface area contributed by atoms with Crippen molar-refractivity contribution in [3.63, 3.8) is 0 Å². The number of nitrogen functional groups attached to an aromatic ring is 1. The predicted octanol–water partition coefficient (Wildman–Crippen LogP) is 0.424. The van der Waals surface area contributed by atoms with Gasteiger partial charge in [-0.25, -0.2) is 13.6 Å². The first-order valence-electron chi connectivity index (χ1n) is 6.36. The van der Waals surface area contributed by atoms with E-state index >= 15 is 0 Å². The summed E-state index contributed by atoms with van der Waals surface area (Å²) in [5.41, 5.74) is 6.63. The Balaban J connectivity index is 2.00. The molecule has 0 aromatic heterocycles. The molecule has 0 radical (unpaired) electrons. The molecule has 0 aliphatic carbocycles. The first kappa shape index (κ1) is 14.1. The van der Waals surface area contributed by atoms with Crippen LogP contribution in [0.25, 0.3) is 0 Å². The van der Waals surface area contributed by atoms with Gasteiger partial charge in [0, 0.05) is 13.1 Å². The lowest BCUT2D eigenvalue weighted by atomic mass is 10.2. The number of benzene rings is 1. The summed E-state index contributed by atoms with van der Waals surface area (Å²) in [6, 6.07) is 4.80. The van der Waals surface area contributed by atoms with E-state index in [0.29, 0.717) is 5.69 Å². The maximum atomic E-state index is 11.4. The van der Waals surface area contributed by atoms with E-state index < -0.39 is 10.0 Å². The van der Waals surface area contributed by atoms with Crippen LogP contribution in [-0.4, -0.2) is 39.5 Å². The van der Waals surface area contributed by atoms with Crippen LogP contribution in [0.3, 0.4) is 0 Å². The molecule has 1 aromatic rings. The van der Waals surface area contributed by atoms with Crippen molar-refractivity contribution in [2.45, 2.75) is 17.7 Å². The molecule has 1 fully saturated rings. The summed E-state index contributed by atoms with van der Waals surface area (Å²) in [5, 5.41) is 8.28. The highest BCUT2D eigenvalue weighted by Gasteiger charge is 2.15. The number of sulfonamides is 1. The number of nitrogens with one attached hydrogen (secondary N) is 1.